The van der Waals surface area contributed by atoms with Gasteiger partial charge in [0.1, 0.15) is 18.2 Å². The van der Waals surface area contributed by atoms with Crippen LogP contribution in [0.4, 0.5) is 5.95 Å². The van der Waals surface area contributed by atoms with Gasteiger partial charge in [-0.15, -0.1) is 0 Å². The Balaban J connectivity index is 1.50. The number of aryl methyl sites for hydroxylation is 1. The molecule has 0 radical (unpaired) electrons. The molecule has 4 aromatic rings. The number of benzene rings is 3. The minimum absolute atomic E-state index is 0.0571. The van der Waals surface area contributed by atoms with Crippen LogP contribution in [-0.4, -0.2) is 22.8 Å². The highest BCUT2D eigenvalue weighted by molar-refractivity contribution is 5.81. The number of nitrogens with one attached hydrogen (secondary N) is 2. The van der Waals surface area contributed by atoms with E-state index in [2.05, 4.69) is 20.5 Å². The number of ether oxygens (including phenoxy) is 2. The first-order valence-corrected chi connectivity index (χ1v) is 11.4. The highest BCUT2D eigenvalue weighted by atomic mass is 16.5. The van der Waals surface area contributed by atoms with Gasteiger partial charge in [-0.1, -0.05) is 60.2 Å². The predicted molar refractivity (Wildman–Crippen MR) is 139 cm³/mol. The van der Waals surface area contributed by atoms with Gasteiger partial charge in [0.25, 0.3) is 5.56 Å². The average molecular weight is 480 g/mol. The molecule has 0 saturated heterocycles. The molecule has 0 unspecified atom stereocenters. The number of nitriles is 1. The number of hydrogen-bond acceptors (Lipinski definition) is 7. The Morgan fingerprint density at radius 2 is 1.83 bits per heavy atom. The van der Waals surface area contributed by atoms with E-state index in [9.17, 15) is 10.1 Å². The molecule has 180 valence electrons. The molecule has 3 aromatic carbocycles. The second-order valence-corrected chi connectivity index (χ2v) is 7.90. The number of aromatic nitrogens is 2. The van der Waals surface area contributed by atoms with Gasteiger partial charge in [0, 0.05) is 5.56 Å². The van der Waals surface area contributed by atoms with Crippen LogP contribution in [0, 0.1) is 18.3 Å². The molecule has 36 heavy (non-hydrogen) atoms. The zero-order valence-electron chi connectivity index (χ0n) is 20.0. The number of H-pyrrole nitrogens is 1. The summed E-state index contributed by atoms with van der Waals surface area (Å²) in [5.41, 5.74) is 6.10. The number of hydrogen-bond donors (Lipinski definition) is 2. The number of hydrazone groups is 1. The molecule has 0 bridgehead atoms. The van der Waals surface area contributed by atoms with E-state index in [1.807, 2.05) is 80.6 Å². The van der Waals surface area contributed by atoms with E-state index in [0.717, 1.165) is 11.1 Å². The fourth-order valence-corrected chi connectivity index (χ4v) is 3.44. The van der Waals surface area contributed by atoms with Crippen molar-refractivity contribution in [2.75, 3.05) is 12.0 Å². The Labute approximate surface area is 208 Å². The van der Waals surface area contributed by atoms with Crippen molar-refractivity contribution in [2.24, 2.45) is 5.10 Å². The Bertz CT molecular complexity index is 1460. The average Bonchev–Trinajstić information content (AvgIpc) is 2.89. The van der Waals surface area contributed by atoms with E-state index < -0.39 is 5.56 Å². The second-order valence-electron chi connectivity index (χ2n) is 7.90. The fourth-order valence-electron chi connectivity index (χ4n) is 3.44. The molecule has 8 heteroatoms. The molecule has 1 heterocycles. The number of rotatable bonds is 9. The minimum atomic E-state index is -0.544. The van der Waals surface area contributed by atoms with Crippen LogP contribution in [0.15, 0.2) is 82.7 Å². The fraction of sp³-hybridized carbons (Fsp3) is 0.143. The molecule has 8 nitrogen and oxygen atoms in total. The first-order valence-electron chi connectivity index (χ1n) is 11.4. The maximum atomic E-state index is 12.4. The summed E-state index contributed by atoms with van der Waals surface area (Å²) in [6.45, 7) is 4.86. The van der Waals surface area contributed by atoms with Crippen molar-refractivity contribution in [2.45, 2.75) is 20.5 Å². The monoisotopic (exact) mass is 479 g/mol. The van der Waals surface area contributed by atoms with Gasteiger partial charge >= 0.3 is 0 Å². The standard InChI is InChI=1S/C28H25N5O3/c1-3-35-25-15-21(13-14-24(25)36-18-20-11-9-19(2)10-12-20)17-30-33-28-31-26(22-7-5-4-6-8-22)23(16-29)27(34)32-28/h4-15,17H,3,18H2,1-2H3,(H2,31,32,33,34). The van der Waals surface area contributed by atoms with E-state index in [1.54, 1.807) is 18.3 Å². The molecule has 0 aliphatic rings. The van der Waals surface area contributed by atoms with Crippen molar-refractivity contribution in [3.63, 3.8) is 0 Å². The number of nitrogens with zero attached hydrogens (tertiary/aromatic N) is 3. The van der Waals surface area contributed by atoms with Crippen molar-refractivity contribution in [3.8, 4) is 28.8 Å². The van der Waals surface area contributed by atoms with E-state index in [-0.39, 0.29) is 17.2 Å². The summed E-state index contributed by atoms with van der Waals surface area (Å²) >= 11 is 0. The first-order chi connectivity index (χ1) is 17.6. The molecule has 0 spiro atoms. The molecular weight excluding hydrogens is 454 g/mol. The lowest BCUT2D eigenvalue weighted by Gasteiger charge is -2.13. The van der Waals surface area contributed by atoms with E-state index in [1.165, 1.54) is 5.56 Å². The van der Waals surface area contributed by atoms with Gasteiger partial charge < -0.3 is 9.47 Å². The molecule has 2 N–H and O–H groups in total. The predicted octanol–water partition coefficient (Wildman–Crippen LogP) is 5.04. The lowest BCUT2D eigenvalue weighted by atomic mass is 10.1. The molecular formula is C28H25N5O3. The van der Waals surface area contributed by atoms with Gasteiger partial charge in [0.05, 0.1) is 18.5 Å². The molecule has 0 aliphatic carbocycles. The SMILES string of the molecule is CCOc1cc(C=NNc2nc(-c3ccccc3)c(C#N)c(=O)[nH]2)ccc1OCc1ccc(C)cc1. The van der Waals surface area contributed by atoms with E-state index >= 15 is 0 Å². The zero-order valence-corrected chi connectivity index (χ0v) is 20.0. The molecule has 1 aromatic heterocycles. The van der Waals surface area contributed by atoms with Gasteiger partial charge in [0.2, 0.25) is 5.95 Å². The van der Waals surface area contributed by atoms with Gasteiger partial charge in [-0.2, -0.15) is 10.4 Å². The summed E-state index contributed by atoms with van der Waals surface area (Å²) in [5, 5.41) is 13.6. The van der Waals surface area contributed by atoms with Crippen LogP contribution in [0.1, 0.15) is 29.2 Å². The van der Waals surface area contributed by atoms with Gasteiger partial charge in [0.15, 0.2) is 11.5 Å². The largest absolute Gasteiger partial charge is 0.490 e. The van der Waals surface area contributed by atoms with E-state index in [0.29, 0.717) is 30.3 Å². The van der Waals surface area contributed by atoms with Crippen molar-refractivity contribution in [3.05, 3.63) is 105 Å². The van der Waals surface area contributed by atoms with E-state index in [4.69, 9.17) is 9.47 Å². The lowest BCUT2D eigenvalue weighted by Crippen LogP contribution is -2.16. The van der Waals surface area contributed by atoms with Gasteiger partial charge in [-0.05, 0) is 43.2 Å². The summed E-state index contributed by atoms with van der Waals surface area (Å²) < 4.78 is 11.7. The summed E-state index contributed by atoms with van der Waals surface area (Å²) in [5.74, 6) is 1.36. The first kappa shape index (κ1) is 24.2. The number of aromatic amines is 1. The molecule has 0 fully saturated rings. The van der Waals surface area contributed by atoms with Gasteiger partial charge in [-0.25, -0.2) is 10.4 Å². The van der Waals surface area contributed by atoms with Crippen molar-refractivity contribution < 1.29 is 9.47 Å². The second kappa shape index (κ2) is 11.5. The number of anilines is 1. The third-order valence-electron chi connectivity index (χ3n) is 5.25. The molecule has 0 aliphatic heterocycles. The maximum absolute atomic E-state index is 12.4. The minimum Gasteiger partial charge on any atom is -0.490 e. The Kier molecular flexibility index (Phi) is 7.73. The van der Waals surface area contributed by atoms with Crippen LogP contribution >= 0.6 is 0 Å². The van der Waals surface area contributed by atoms with Crippen LogP contribution in [0.25, 0.3) is 11.3 Å². The molecule has 0 amide bonds. The van der Waals surface area contributed by atoms with Crippen LogP contribution in [0.2, 0.25) is 0 Å². The van der Waals surface area contributed by atoms with Crippen LogP contribution in [0.5, 0.6) is 11.5 Å². The van der Waals surface area contributed by atoms with Crippen LogP contribution in [-0.2, 0) is 6.61 Å². The Morgan fingerprint density at radius 1 is 1.06 bits per heavy atom. The normalized spacial score (nSPS) is 10.7. The summed E-state index contributed by atoms with van der Waals surface area (Å²) in [4.78, 5) is 19.3. The van der Waals surface area contributed by atoms with Crippen LogP contribution in [0.3, 0.4) is 0 Å². The zero-order chi connectivity index (χ0) is 25.3. The summed E-state index contributed by atoms with van der Waals surface area (Å²) in [7, 11) is 0. The smallest absolute Gasteiger partial charge is 0.270 e. The quantitative estimate of drug-likeness (QED) is 0.257. The van der Waals surface area contributed by atoms with Crippen molar-refractivity contribution in [1.29, 1.82) is 5.26 Å². The van der Waals surface area contributed by atoms with Crippen molar-refractivity contribution >= 4 is 12.2 Å². The third kappa shape index (κ3) is 5.96. The maximum Gasteiger partial charge on any atom is 0.270 e. The summed E-state index contributed by atoms with van der Waals surface area (Å²) in [6.07, 6.45) is 1.58. The topological polar surface area (TPSA) is 112 Å². The Hall–Kier alpha value is -4.90. The third-order valence-corrected chi connectivity index (χ3v) is 5.25. The Morgan fingerprint density at radius 3 is 2.56 bits per heavy atom. The van der Waals surface area contributed by atoms with Crippen molar-refractivity contribution in [1.82, 2.24) is 9.97 Å². The lowest BCUT2D eigenvalue weighted by molar-refractivity contribution is 0.269. The summed E-state index contributed by atoms with van der Waals surface area (Å²) in [6, 6.07) is 24.6. The van der Waals surface area contributed by atoms with Gasteiger partial charge in [-0.3, -0.25) is 9.78 Å². The highest BCUT2D eigenvalue weighted by Gasteiger charge is 2.13. The highest BCUT2D eigenvalue weighted by Crippen LogP contribution is 2.29. The molecule has 4 rings (SSSR count). The van der Waals surface area contributed by atoms with Crippen LogP contribution < -0.4 is 20.5 Å². The molecule has 0 atom stereocenters. The molecule has 0 saturated carbocycles.